The predicted octanol–water partition coefficient (Wildman–Crippen LogP) is 2.86. The van der Waals surface area contributed by atoms with Gasteiger partial charge in [-0.2, -0.15) is 0 Å². The summed E-state index contributed by atoms with van der Waals surface area (Å²) in [4.78, 5) is 43.5. The summed E-state index contributed by atoms with van der Waals surface area (Å²) in [5.41, 5.74) is 1.69. The van der Waals surface area contributed by atoms with Gasteiger partial charge in [0.25, 0.3) is 5.69 Å². The van der Waals surface area contributed by atoms with Crippen LogP contribution < -0.4 is 5.11 Å². The molecule has 4 rings (SSSR count). The second-order valence-electron chi connectivity index (χ2n) is 8.22. The monoisotopic (exact) mass is 410 g/mol. The van der Waals surface area contributed by atoms with Crippen molar-refractivity contribution in [1.29, 1.82) is 0 Å². The van der Waals surface area contributed by atoms with Crippen molar-refractivity contribution >= 4 is 23.1 Å². The van der Waals surface area contributed by atoms with Gasteiger partial charge in [0.2, 0.25) is 5.91 Å². The van der Waals surface area contributed by atoms with Crippen molar-refractivity contribution in [1.82, 2.24) is 4.90 Å². The van der Waals surface area contributed by atoms with Crippen molar-refractivity contribution in [3.63, 3.8) is 0 Å². The van der Waals surface area contributed by atoms with Crippen molar-refractivity contribution in [2.24, 2.45) is 10.9 Å². The van der Waals surface area contributed by atoms with Gasteiger partial charge in [-0.25, -0.2) is 0 Å². The molecule has 2 atom stereocenters. The number of nitro groups is 1. The van der Waals surface area contributed by atoms with Gasteiger partial charge in [-0.05, 0) is 50.3 Å². The second kappa shape index (κ2) is 8.01. The van der Waals surface area contributed by atoms with Crippen LogP contribution in [0.15, 0.2) is 34.5 Å². The lowest BCUT2D eigenvalue weighted by Gasteiger charge is -2.38. The number of nitro benzene ring substituents is 1. The molecule has 1 amide bonds. The Morgan fingerprint density at radius 1 is 1.17 bits per heavy atom. The van der Waals surface area contributed by atoms with Gasteiger partial charge < -0.3 is 10.0 Å². The fraction of sp³-hybridized carbons (Fsp3) is 0.500. The highest BCUT2D eigenvalue weighted by molar-refractivity contribution is 6.10. The number of carbonyl (C=O) groups is 2. The van der Waals surface area contributed by atoms with Crippen LogP contribution in [-0.4, -0.2) is 40.3 Å². The first-order valence-electron chi connectivity index (χ1n) is 10.4. The number of aliphatic imine (C=N–C) groups is 1. The van der Waals surface area contributed by atoms with Gasteiger partial charge in [0, 0.05) is 48.5 Å². The molecule has 8 heteroatoms. The van der Waals surface area contributed by atoms with E-state index in [2.05, 4.69) is 4.99 Å². The number of nitrogens with zero attached hydrogens (tertiary/aromatic N) is 3. The lowest BCUT2D eigenvalue weighted by atomic mass is 9.71. The SMILES string of the molecule is CC1=NC2=C(C(=O)CCC2)[C@H](c2ccc([O-])c([N+](=O)[O-])c2)C1C(=O)N1CCCCC1. The minimum Gasteiger partial charge on any atom is -0.868 e. The molecule has 1 aromatic carbocycles. The van der Waals surface area contributed by atoms with E-state index in [1.807, 2.05) is 4.90 Å². The Morgan fingerprint density at radius 2 is 1.90 bits per heavy atom. The molecule has 1 aromatic rings. The zero-order chi connectivity index (χ0) is 21.4. The summed E-state index contributed by atoms with van der Waals surface area (Å²) in [7, 11) is 0. The molecule has 158 valence electrons. The van der Waals surface area contributed by atoms with E-state index in [9.17, 15) is 24.8 Å². The lowest BCUT2D eigenvalue weighted by molar-refractivity contribution is -0.398. The summed E-state index contributed by atoms with van der Waals surface area (Å²) in [5.74, 6) is -2.20. The Labute approximate surface area is 174 Å². The van der Waals surface area contributed by atoms with Crippen molar-refractivity contribution in [3.05, 3.63) is 45.1 Å². The molecule has 0 spiro atoms. The quantitative estimate of drug-likeness (QED) is 0.561. The van der Waals surface area contributed by atoms with Gasteiger partial charge in [-0.1, -0.05) is 12.1 Å². The molecule has 0 N–H and O–H groups in total. The van der Waals surface area contributed by atoms with E-state index in [0.717, 1.165) is 25.3 Å². The van der Waals surface area contributed by atoms with Crippen LogP contribution >= 0.6 is 0 Å². The molecule has 0 aromatic heterocycles. The molecule has 2 aliphatic heterocycles. The van der Waals surface area contributed by atoms with Gasteiger partial charge >= 0.3 is 0 Å². The van der Waals surface area contributed by atoms with Crippen LogP contribution in [0.3, 0.4) is 0 Å². The molecule has 8 nitrogen and oxygen atoms in total. The minimum absolute atomic E-state index is 0.0669. The number of piperidine rings is 1. The van der Waals surface area contributed by atoms with E-state index >= 15 is 0 Å². The summed E-state index contributed by atoms with van der Waals surface area (Å²) in [6.45, 7) is 3.11. The fourth-order valence-corrected chi connectivity index (χ4v) is 4.87. The average Bonchev–Trinajstić information content (AvgIpc) is 2.73. The van der Waals surface area contributed by atoms with Gasteiger partial charge in [0.05, 0.1) is 10.8 Å². The molecule has 2 heterocycles. The zero-order valence-corrected chi connectivity index (χ0v) is 16.9. The minimum atomic E-state index is -0.713. The van der Waals surface area contributed by atoms with E-state index in [-0.39, 0.29) is 11.7 Å². The summed E-state index contributed by atoms with van der Waals surface area (Å²) in [6, 6.07) is 3.90. The fourth-order valence-electron chi connectivity index (χ4n) is 4.87. The molecule has 0 bridgehead atoms. The van der Waals surface area contributed by atoms with Gasteiger partial charge in [-0.3, -0.25) is 24.7 Å². The number of amides is 1. The molecule has 0 radical (unpaired) electrons. The summed E-state index contributed by atoms with van der Waals surface area (Å²) >= 11 is 0. The van der Waals surface area contributed by atoms with Crippen molar-refractivity contribution in [2.45, 2.75) is 51.4 Å². The topological polar surface area (TPSA) is 116 Å². The number of carbonyl (C=O) groups excluding carboxylic acids is 2. The Hall–Kier alpha value is -3.03. The number of allylic oxidation sites excluding steroid dienone is 2. The first-order chi connectivity index (χ1) is 14.4. The highest BCUT2D eigenvalue weighted by Crippen LogP contribution is 2.45. The standard InChI is InChI=1S/C22H25N3O5/c1-13-19(22(28)24-10-3-2-4-11-24)20(21-15(23-13)6-5-7-18(21)27)14-8-9-17(26)16(12-14)25(29)30/h8-9,12,19-20,26H,2-7,10-11H2,1H3/p-1/t19?,20-/m1/s1. The molecule has 3 aliphatic rings. The number of likely N-dealkylation sites (tertiary alicyclic amines) is 1. The van der Waals surface area contributed by atoms with Crippen LogP contribution in [0.5, 0.6) is 5.75 Å². The molecular weight excluding hydrogens is 386 g/mol. The number of benzene rings is 1. The zero-order valence-electron chi connectivity index (χ0n) is 16.9. The van der Waals surface area contributed by atoms with E-state index in [1.165, 1.54) is 12.1 Å². The van der Waals surface area contributed by atoms with Gasteiger partial charge in [0.1, 0.15) is 0 Å². The van der Waals surface area contributed by atoms with Gasteiger partial charge in [-0.15, -0.1) is 0 Å². The third-order valence-corrected chi connectivity index (χ3v) is 6.31. The summed E-state index contributed by atoms with van der Waals surface area (Å²) in [5, 5.41) is 23.3. The van der Waals surface area contributed by atoms with Crippen molar-refractivity contribution < 1.29 is 19.6 Å². The molecule has 30 heavy (non-hydrogen) atoms. The Balaban J connectivity index is 1.84. The summed E-state index contributed by atoms with van der Waals surface area (Å²) < 4.78 is 0. The van der Waals surface area contributed by atoms with Crippen molar-refractivity contribution in [3.8, 4) is 5.75 Å². The molecule has 1 unspecified atom stereocenters. The van der Waals surface area contributed by atoms with Crippen LogP contribution in [0.2, 0.25) is 0 Å². The second-order valence-corrected chi connectivity index (χ2v) is 8.22. The first-order valence-corrected chi connectivity index (χ1v) is 10.4. The number of hydrogen-bond donors (Lipinski definition) is 0. The average molecular weight is 410 g/mol. The van der Waals surface area contributed by atoms with Crippen molar-refractivity contribution in [2.75, 3.05) is 13.1 Å². The number of rotatable bonds is 3. The molecule has 1 fully saturated rings. The van der Waals surface area contributed by atoms with Crippen LogP contribution in [0.4, 0.5) is 5.69 Å². The van der Waals surface area contributed by atoms with E-state index in [1.54, 1.807) is 6.92 Å². The Kier molecular flexibility index (Phi) is 5.40. The highest BCUT2D eigenvalue weighted by Gasteiger charge is 2.44. The van der Waals surface area contributed by atoms with Crippen LogP contribution in [0.1, 0.15) is 56.9 Å². The smallest absolute Gasteiger partial charge is 0.262 e. The molecule has 1 aliphatic carbocycles. The maximum Gasteiger partial charge on any atom is 0.262 e. The maximum absolute atomic E-state index is 13.5. The Bertz CT molecular complexity index is 975. The van der Waals surface area contributed by atoms with E-state index in [4.69, 9.17) is 0 Å². The largest absolute Gasteiger partial charge is 0.868 e. The molecule has 0 saturated carbocycles. The van der Waals surface area contributed by atoms with E-state index < -0.39 is 28.2 Å². The maximum atomic E-state index is 13.5. The molecule has 1 saturated heterocycles. The summed E-state index contributed by atoms with van der Waals surface area (Å²) in [6.07, 6.45) is 4.66. The van der Waals surface area contributed by atoms with Crippen LogP contribution in [-0.2, 0) is 9.59 Å². The number of ketones is 1. The first kappa shape index (κ1) is 20.3. The number of Topliss-reactive ketones (excluding diaryl/α,β-unsaturated/α-hetero) is 1. The number of hydrogen-bond acceptors (Lipinski definition) is 6. The van der Waals surface area contributed by atoms with Crippen LogP contribution in [0, 0.1) is 16.0 Å². The van der Waals surface area contributed by atoms with Crippen LogP contribution in [0.25, 0.3) is 0 Å². The lowest BCUT2D eigenvalue weighted by Crippen LogP contribution is -2.46. The van der Waals surface area contributed by atoms with E-state index in [0.29, 0.717) is 54.9 Å². The van der Waals surface area contributed by atoms with Gasteiger partial charge in [0.15, 0.2) is 5.78 Å². The Morgan fingerprint density at radius 3 is 2.60 bits per heavy atom. The third kappa shape index (κ3) is 3.51. The third-order valence-electron chi connectivity index (χ3n) is 6.31. The predicted molar refractivity (Wildman–Crippen MR) is 108 cm³/mol. The highest BCUT2D eigenvalue weighted by atomic mass is 16.6. The normalized spacial score (nSPS) is 24.4. The molecular formula is C22H24N3O5-.